The number of aromatic amines is 1. The Balaban J connectivity index is 2.16. The fourth-order valence-electron chi connectivity index (χ4n) is 3.62. The van der Waals surface area contributed by atoms with Gasteiger partial charge in [-0.15, -0.1) is 0 Å². The highest BCUT2D eigenvalue weighted by molar-refractivity contribution is 5.98. The summed E-state index contributed by atoms with van der Waals surface area (Å²) in [4.78, 5) is 66.0. The number of carbonyl (C=O) groups is 5. The first-order valence-electron chi connectivity index (χ1n) is 12.4. The van der Waals surface area contributed by atoms with Gasteiger partial charge < -0.3 is 41.2 Å². The highest BCUT2D eigenvalue weighted by atomic mass is 16.5. The van der Waals surface area contributed by atoms with Crippen LogP contribution in [0, 0.1) is 0 Å². The van der Waals surface area contributed by atoms with Crippen molar-refractivity contribution in [1.82, 2.24) is 26.3 Å². The number of amides is 4. The second-order valence-electron chi connectivity index (χ2n) is 8.76. The second-order valence-corrected chi connectivity index (χ2v) is 8.76. The summed E-state index contributed by atoms with van der Waals surface area (Å²) in [5.74, 6) is -3.82. The molecule has 39 heavy (non-hydrogen) atoms. The van der Waals surface area contributed by atoms with Crippen LogP contribution in [0.5, 0.6) is 0 Å². The van der Waals surface area contributed by atoms with Gasteiger partial charge in [-0.05, 0) is 31.0 Å². The number of esters is 1. The number of aromatic nitrogens is 1. The molecule has 13 nitrogen and oxygen atoms in total. The molecule has 5 unspecified atom stereocenters. The molecule has 0 bridgehead atoms. The number of aliphatic hydroxyl groups excluding tert-OH is 2. The number of hydrogen-bond donors (Lipinski definition) is 7. The number of ether oxygens (including phenoxy) is 1. The monoisotopic (exact) mass is 545 g/mol. The van der Waals surface area contributed by atoms with E-state index >= 15 is 0 Å². The van der Waals surface area contributed by atoms with Crippen LogP contribution in [-0.4, -0.2) is 88.8 Å². The summed E-state index contributed by atoms with van der Waals surface area (Å²) >= 11 is 0. The number of hydrogen-bond acceptors (Lipinski definition) is 8. The lowest BCUT2D eigenvalue weighted by atomic mass is 10.0. The smallest absolute Gasteiger partial charge is 0.328 e. The number of H-pyrrole nitrogens is 1. The van der Waals surface area contributed by atoms with E-state index in [4.69, 9.17) is 4.74 Å². The normalized spacial score (nSPS) is 14.6. The van der Waals surface area contributed by atoms with Crippen molar-refractivity contribution in [2.75, 3.05) is 13.7 Å². The fraction of sp³-hybridized carbons (Fsp3) is 0.423. The predicted molar refractivity (Wildman–Crippen MR) is 139 cm³/mol. The van der Waals surface area contributed by atoms with Gasteiger partial charge in [0, 0.05) is 12.6 Å². The van der Waals surface area contributed by atoms with Crippen molar-refractivity contribution < 1.29 is 38.9 Å². The first-order valence-corrected chi connectivity index (χ1v) is 12.4. The van der Waals surface area contributed by atoms with E-state index in [0.29, 0.717) is 5.56 Å². The quantitative estimate of drug-likeness (QED) is 0.143. The van der Waals surface area contributed by atoms with Crippen LogP contribution < -0.4 is 21.3 Å². The Kier molecular flexibility index (Phi) is 12.1. The zero-order chi connectivity index (χ0) is 28.9. The first kappa shape index (κ1) is 31.0. The fourth-order valence-corrected chi connectivity index (χ4v) is 3.62. The lowest BCUT2D eigenvalue weighted by Crippen LogP contribution is -2.60. The van der Waals surface area contributed by atoms with Gasteiger partial charge in [-0.25, -0.2) is 4.79 Å². The number of nitrogens with one attached hydrogen (secondary N) is 5. The number of rotatable bonds is 14. The molecule has 0 aliphatic heterocycles. The van der Waals surface area contributed by atoms with E-state index in [1.807, 2.05) is 0 Å². The van der Waals surface area contributed by atoms with Gasteiger partial charge in [-0.2, -0.15) is 0 Å². The van der Waals surface area contributed by atoms with Crippen LogP contribution in [0.25, 0.3) is 0 Å². The van der Waals surface area contributed by atoms with Crippen LogP contribution in [0.1, 0.15) is 36.3 Å². The van der Waals surface area contributed by atoms with Gasteiger partial charge in [0.15, 0.2) is 0 Å². The third kappa shape index (κ3) is 9.23. The lowest BCUT2D eigenvalue weighted by Gasteiger charge is -2.26. The Morgan fingerprint density at radius 2 is 1.49 bits per heavy atom. The third-order valence-corrected chi connectivity index (χ3v) is 5.84. The molecule has 0 saturated heterocycles. The molecule has 7 N–H and O–H groups in total. The van der Waals surface area contributed by atoms with Gasteiger partial charge in [0.05, 0.1) is 19.8 Å². The maximum absolute atomic E-state index is 13.1. The summed E-state index contributed by atoms with van der Waals surface area (Å²) in [5.41, 5.74) is 0.854. The summed E-state index contributed by atoms with van der Waals surface area (Å²) in [5, 5.41) is 29.6. The molecule has 0 radical (unpaired) electrons. The van der Waals surface area contributed by atoms with E-state index in [2.05, 4.69) is 26.3 Å². The standard InChI is InChI=1S/C26H35N5O8/c1-4-17(26(38)39-3)28-23(35)19(13-16-9-6-5-7-10-16)29-24(36)20(14-32)30-25(37)21(15(2)33)31-22(34)18-11-8-12-27-18/h5-12,15,17,19-21,27,32-33H,4,13-14H2,1-3H3,(H,28,35)(H,29,36)(H,30,37)(H,31,34). The summed E-state index contributed by atoms with van der Waals surface area (Å²) in [6, 6.07) is 6.74. The van der Waals surface area contributed by atoms with Gasteiger partial charge in [-0.3, -0.25) is 19.2 Å². The summed E-state index contributed by atoms with van der Waals surface area (Å²) < 4.78 is 4.70. The van der Waals surface area contributed by atoms with Gasteiger partial charge >= 0.3 is 5.97 Å². The molecular weight excluding hydrogens is 510 g/mol. The average molecular weight is 546 g/mol. The highest BCUT2D eigenvalue weighted by Crippen LogP contribution is 2.06. The van der Waals surface area contributed by atoms with Crippen molar-refractivity contribution in [3.05, 3.63) is 59.9 Å². The van der Waals surface area contributed by atoms with Gasteiger partial charge in [0.2, 0.25) is 17.7 Å². The summed E-state index contributed by atoms with van der Waals surface area (Å²) in [6.07, 6.45) is 0.459. The molecule has 2 rings (SSSR count). The molecule has 0 fully saturated rings. The Hall–Kier alpha value is -4.23. The van der Waals surface area contributed by atoms with Gasteiger partial charge in [0.25, 0.3) is 5.91 Å². The van der Waals surface area contributed by atoms with Crippen LogP contribution in [0.3, 0.4) is 0 Å². The zero-order valence-electron chi connectivity index (χ0n) is 22.0. The molecule has 212 valence electrons. The molecular formula is C26H35N5O8. The molecule has 1 aromatic heterocycles. The van der Waals surface area contributed by atoms with E-state index in [0.717, 1.165) is 0 Å². The highest BCUT2D eigenvalue weighted by Gasteiger charge is 2.32. The van der Waals surface area contributed by atoms with E-state index in [-0.39, 0.29) is 18.5 Å². The minimum absolute atomic E-state index is 0.0462. The van der Waals surface area contributed by atoms with Crippen LogP contribution in [0.4, 0.5) is 0 Å². The van der Waals surface area contributed by atoms with E-state index in [1.165, 1.54) is 26.3 Å². The Labute approximate surface area is 225 Å². The summed E-state index contributed by atoms with van der Waals surface area (Å²) in [6.45, 7) is 2.12. The molecule has 0 aliphatic carbocycles. The molecule has 1 aromatic carbocycles. The van der Waals surface area contributed by atoms with Crippen molar-refractivity contribution >= 4 is 29.6 Å². The van der Waals surface area contributed by atoms with Crippen LogP contribution in [0.15, 0.2) is 48.7 Å². The topological polar surface area (TPSA) is 199 Å². The van der Waals surface area contributed by atoms with Gasteiger partial charge in [0.1, 0.15) is 29.9 Å². The Morgan fingerprint density at radius 1 is 0.872 bits per heavy atom. The van der Waals surface area contributed by atoms with E-state index < -0.39 is 66.5 Å². The van der Waals surface area contributed by atoms with Crippen molar-refractivity contribution in [2.45, 2.75) is 57.0 Å². The average Bonchev–Trinajstić information content (AvgIpc) is 3.47. The van der Waals surface area contributed by atoms with Crippen molar-refractivity contribution in [1.29, 1.82) is 0 Å². The molecule has 0 saturated carbocycles. The molecule has 0 spiro atoms. The molecule has 4 amide bonds. The minimum atomic E-state index is -1.52. The van der Waals surface area contributed by atoms with Crippen LogP contribution >= 0.6 is 0 Å². The minimum Gasteiger partial charge on any atom is -0.467 e. The SMILES string of the molecule is CCC(NC(=O)C(Cc1ccccc1)NC(=O)C(CO)NC(=O)C(NC(=O)c1ccc[nH]1)C(C)O)C(=O)OC. The largest absolute Gasteiger partial charge is 0.467 e. The Bertz CT molecular complexity index is 1110. The predicted octanol–water partition coefficient (Wildman–Crippen LogP) is -1.23. The number of carbonyl (C=O) groups excluding carboxylic acids is 5. The maximum atomic E-state index is 13.1. The second kappa shape index (κ2) is 15.2. The zero-order valence-corrected chi connectivity index (χ0v) is 22.0. The van der Waals surface area contributed by atoms with Crippen molar-refractivity contribution in [2.24, 2.45) is 0 Å². The van der Waals surface area contributed by atoms with Gasteiger partial charge in [-0.1, -0.05) is 37.3 Å². The lowest BCUT2D eigenvalue weighted by molar-refractivity contribution is -0.145. The molecule has 5 atom stereocenters. The molecule has 0 aliphatic rings. The Morgan fingerprint density at radius 3 is 2.03 bits per heavy atom. The number of aliphatic hydroxyl groups is 2. The summed E-state index contributed by atoms with van der Waals surface area (Å²) in [7, 11) is 1.19. The molecule has 13 heteroatoms. The van der Waals surface area contributed by atoms with E-state index in [9.17, 15) is 34.2 Å². The first-order chi connectivity index (χ1) is 18.6. The van der Waals surface area contributed by atoms with Crippen molar-refractivity contribution in [3.63, 3.8) is 0 Å². The number of benzene rings is 1. The molecule has 1 heterocycles. The number of methoxy groups -OCH3 is 1. The van der Waals surface area contributed by atoms with Crippen LogP contribution in [0.2, 0.25) is 0 Å². The molecule has 2 aromatic rings. The maximum Gasteiger partial charge on any atom is 0.328 e. The third-order valence-electron chi connectivity index (χ3n) is 5.84. The van der Waals surface area contributed by atoms with Crippen molar-refractivity contribution in [3.8, 4) is 0 Å². The van der Waals surface area contributed by atoms with Crippen LogP contribution in [-0.2, 0) is 30.3 Å². The van der Waals surface area contributed by atoms with E-state index in [1.54, 1.807) is 43.3 Å².